The number of halogens is 1. The van der Waals surface area contributed by atoms with Crippen LogP contribution in [-0.4, -0.2) is 26.4 Å². The van der Waals surface area contributed by atoms with E-state index >= 15 is 0 Å². The topological polar surface area (TPSA) is 70.4 Å². The predicted octanol–water partition coefficient (Wildman–Crippen LogP) is 8.97. The predicted molar refractivity (Wildman–Crippen MR) is 172 cm³/mol. The van der Waals surface area contributed by atoms with E-state index in [-0.39, 0.29) is 23.0 Å². The number of benzene rings is 3. The fourth-order valence-electron chi connectivity index (χ4n) is 5.83. The van der Waals surface area contributed by atoms with Gasteiger partial charge in [0.1, 0.15) is 0 Å². The highest BCUT2D eigenvalue weighted by Crippen LogP contribution is 2.55. The van der Waals surface area contributed by atoms with Crippen LogP contribution in [0.3, 0.4) is 0 Å². The maximum atomic E-state index is 11.5. The number of nitrogens with zero attached hydrogens (tertiary/aromatic N) is 1. The molecule has 2 N–H and O–H groups in total. The summed E-state index contributed by atoms with van der Waals surface area (Å²) in [5.41, 5.74) is 5.78. The fraction of sp³-hybridized carbons (Fsp3) is 0.314. The van der Waals surface area contributed by atoms with Crippen molar-refractivity contribution in [1.29, 1.82) is 0 Å². The minimum absolute atomic E-state index is 0.0138. The molecule has 1 heterocycles. The number of aliphatic hydroxyl groups is 1. The third-order valence-corrected chi connectivity index (χ3v) is 9.42. The molecule has 5 rings (SSSR count). The molecule has 3 aromatic carbocycles. The van der Waals surface area contributed by atoms with Gasteiger partial charge in [0.25, 0.3) is 0 Å². The third-order valence-electron chi connectivity index (χ3n) is 8.38. The molecule has 41 heavy (non-hydrogen) atoms. The van der Waals surface area contributed by atoms with E-state index in [4.69, 9.17) is 29.2 Å². The number of carboxylic acids is 1. The quantitative estimate of drug-likeness (QED) is 0.145. The number of aromatic nitrogens is 1. The van der Waals surface area contributed by atoms with Crippen LogP contribution in [0.1, 0.15) is 85.4 Å². The molecule has 0 aliphatic heterocycles. The van der Waals surface area contributed by atoms with Gasteiger partial charge in [0, 0.05) is 21.6 Å². The highest BCUT2D eigenvalue weighted by atomic mass is 35.5. The summed E-state index contributed by atoms with van der Waals surface area (Å²) in [6.07, 6.45) is 7.77. The molecule has 1 saturated carbocycles. The van der Waals surface area contributed by atoms with Gasteiger partial charge in [0.15, 0.2) is 0 Å². The number of aliphatic carboxylic acids is 1. The molecule has 1 fully saturated rings. The third kappa shape index (κ3) is 7.03. The Morgan fingerprint density at radius 2 is 1.76 bits per heavy atom. The molecule has 3 unspecified atom stereocenters. The molecule has 4 aromatic rings. The van der Waals surface area contributed by atoms with Crippen LogP contribution in [0.15, 0.2) is 78.9 Å². The highest BCUT2D eigenvalue weighted by molar-refractivity contribution is 7.81. The molecule has 4 nitrogen and oxygen atoms in total. The largest absolute Gasteiger partial charge is 0.481 e. The van der Waals surface area contributed by atoms with Crippen LogP contribution in [0, 0.1) is 5.41 Å². The van der Waals surface area contributed by atoms with Gasteiger partial charge in [-0.05, 0) is 84.0 Å². The zero-order chi connectivity index (χ0) is 29.0. The average Bonchev–Trinajstić information content (AvgIpc) is 3.76. The standard InChI is InChI=1S/C35H36ClNO3S/c1-2-32(38)30-9-4-3-8-29(30)28(16-17-33(41)35(18-19-35)22-34(39)40)25-7-5-6-23(20-25)10-14-27-15-12-24-11-13-26(36)21-31(24)37-27/h3-15,20-21,28,32-33,38,41H,2,16-19,22H2,1H3,(H,39,40). The van der Waals surface area contributed by atoms with E-state index in [0.717, 1.165) is 64.5 Å². The van der Waals surface area contributed by atoms with Gasteiger partial charge in [0.05, 0.1) is 23.7 Å². The van der Waals surface area contributed by atoms with Gasteiger partial charge >= 0.3 is 5.97 Å². The number of pyridine rings is 1. The molecule has 1 aliphatic carbocycles. The van der Waals surface area contributed by atoms with E-state index in [1.165, 1.54) is 0 Å². The van der Waals surface area contributed by atoms with Gasteiger partial charge in [-0.3, -0.25) is 4.79 Å². The average molecular weight is 586 g/mol. The summed E-state index contributed by atoms with van der Waals surface area (Å²) in [4.78, 5) is 16.2. The zero-order valence-electron chi connectivity index (χ0n) is 23.2. The Bertz CT molecular complexity index is 1560. The Hall–Kier alpha value is -3.12. The molecule has 0 radical (unpaired) electrons. The van der Waals surface area contributed by atoms with Gasteiger partial charge in [-0.1, -0.05) is 85.3 Å². The fourth-order valence-corrected chi connectivity index (χ4v) is 6.50. The molecule has 0 bridgehead atoms. The Morgan fingerprint density at radius 1 is 1.00 bits per heavy atom. The van der Waals surface area contributed by atoms with E-state index in [1.54, 1.807) is 0 Å². The molecule has 0 saturated heterocycles. The van der Waals surface area contributed by atoms with Crippen molar-refractivity contribution in [3.8, 4) is 0 Å². The number of thiol groups is 1. The minimum Gasteiger partial charge on any atom is -0.481 e. The van der Waals surface area contributed by atoms with Crippen molar-refractivity contribution < 1.29 is 15.0 Å². The summed E-state index contributed by atoms with van der Waals surface area (Å²) in [6.45, 7) is 1.99. The van der Waals surface area contributed by atoms with Gasteiger partial charge in [-0.25, -0.2) is 4.98 Å². The van der Waals surface area contributed by atoms with Gasteiger partial charge < -0.3 is 10.2 Å². The summed E-state index contributed by atoms with van der Waals surface area (Å²) in [6, 6.07) is 26.4. The Morgan fingerprint density at radius 3 is 2.49 bits per heavy atom. The maximum absolute atomic E-state index is 11.5. The van der Waals surface area contributed by atoms with Crippen molar-refractivity contribution in [2.24, 2.45) is 5.41 Å². The first kappa shape index (κ1) is 29.4. The summed E-state index contributed by atoms with van der Waals surface area (Å²) in [7, 11) is 0. The van der Waals surface area contributed by atoms with Crippen LogP contribution in [0.4, 0.5) is 0 Å². The van der Waals surface area contributed by atoms with Gasteiger partial charge in [-0.15, -0.1) is 0 Å². The molecule has 1 aromatic heterocycles. The van der Waals surface area contributed by atoms with Gasteiger partial charge in [0.2, 0.25) is 0 Å². The number of hydrogen-bond donors (Lipinski definition) is 3. The molecular formula is C35H36ClNO3S. The molecule has 1 aliphatic rings. The summed E-state index contributed by atoms with van der Waals surface area (Å²) < 4.78 is 0. The summed E-state index contributed by atoms with van der Waals surface area (Å²) in [5, 5.41) is 22.0. The normalized spacial score (nSPS) is 16.5. The number of carboxylic acid groups (broad SMARTS) is 1. The van der Waals surface area contributed by atoms with E-state index in [0.29, 0.717) is 11.4 Å². The molecule has 0 spiro atoms. The van der Waals surface area contributed by atoms with Gasteiger partial charge in [-0.2, -0.15) is 12.6 Å². The van der Waals surface area contributed by atoms with Crippen molar-refractivity contribution in [2.75, 3.05) is 0 Å². The maximum Gasteiger partial charge on any atom is 0.303 e. The zero-order valence-corrected chi connectivity index (χ0v) is 24.9. The number of hydrogen-bond acceptors (Lipinski definition) is 4. The lowest BCUT2D eigenvalue weighted by Crippen LogP contribution is -2.21. The van der Waals surface area contributed by atoms with Crippen LogP contribution in [0.2, 0.25) is 5.02 Å². The second-order valence-corrected chi connectivity index (χ2v) is 12.3. The highest BCUT2D eigenvalue weighted by Gasteiger charge is 2.49. The van der Waals surface area contributed by atoms with Crippen molar-refractivity contribution in [1.82, 2.24) is 4.98 Å². The second-order valence-electron chi connectivity index (χ2n) is 11.2. The SMILES string of the molecule is CCC(O)c1ccccc1C(CCC(S)C1(CC(=O)O)CC1)c1cccc(C=Cc2ccc3ccc(Cl)cc3n2)c1. The van der Waals surface area contributed by atoms with E-state index in [9.17, 15) is 15.0 Å². The van der Waals surface area contributed by atoms with E-state index in [2.05, 4.69) is 36.4 Å². The first-order chi connectivity index (χ1) is 19.8. The lowest BCUT2D eigenvalue weighted by Gasteiger charge is -2.27. The number of fused-ring (bicyclic) bond motifs is 1. The summed E-state index contributed by atoms with van der Waals surface area (Å²) in [5.74, 6) is -0.713. The van der Waals surface area contributed by atoms with E-state index < -0.39 is 12.1 Å². The monoisotopic (exact) mass is 585 g/mol. The first-order valence-electron chi connectivity index (χ1n) is 14.3. The lowest BCUT2D eigenvalue weighted by atomic mass is 9.81. The number of rotatable bonds is 12. The van der Waals surface area contributed by atoms with Crippen LogP contribution in [0.5, 0.6) is 0 Å². The molecule has 3 atom stereocenters. The Kier molecular flexibility index (Phi) is 9.18. The van der Waals surface area contributed by atoms with Crippen LogP contribution in [0.25, 0.3) is 23.1 Å². The van der Waals surface area contributed by atoms with Crippen LogP contribution < -0.4 is 0 Å². The minimum atomic E-state index is -0.752. The van der Waals surface area contributed by atoms with Crippen molar-refractivity contribution in [2.45, 2.75) is 62.7 Å². The first-order valence-corrected chi connectivity index (χ1v) is 15.2. The Labute approximate surface area is 252 Å². The smallest absolute Gasteiger partial charge is 0.303 e. The number of carbonyl (C=O) groups is 1. The molecule has 6 heteroatoms. The van der Waals surface area contributed by atoms with E-state index in [1.807, 2.05) is 61.5 Å². The second kappa shape index (κ2) is 12.8. The Balaban J connectivity index is 1.44. The van der Waals surface area contributed by atoms with Crippen molar-refractivity contribution in [3.05, 3.63) is 112 Å². The summed E-state index contributed by atoms with van der Waals surface area (Å²) >= 11 is 11.1. The molecular weight excluding hydrogens is 550 g/mol. The lowest BCUT2D eigenvalue weighted by molar-refractivity contribution is -0.138. The van der Waals surface area contributed by atoms with Crippen LogP contribution >= 0.6 is 24.2 Å². The van der Waals surface area contributed by atoms with Crippen LogP contribution in [-0.2, 0) is 4.79 Å². The number of aliphatic hydroxyl groups excluding tert-OH is 1. The van der Waals surface area contributed by atoms with Crippen molar-refractivity contribution in [3.63, 3.8) is 0 Å². The van der Waals surface area contributed by atoms with Crippen molar-refractivity contribution >= 4 is 53.3 Å². The molecule has 0 amide bonds. The molecule has 212 valence electrons.